The highest BCUT2D eigenvalue weighted by Crippen LogP contribution is 2.31. The van der Waals surface area contributed by atoms with Gasteiger partial charge in [0.15, 0.2) is 0 Å². The Morgan fingerprint density at radius 1 is 1.35 bits per heavy atom. The second kappa shape index (κ2) is 8.22. The van der Waals surface area contributed by atoms with Crippen LogP contribution in [0.3, 0.4) is 0 Å². The molecule has 1 aromatic heterocycles. The van der Waals surface area contributed by atoms with Crippen LogP contribution in [-0.2, 0) is 11.2 Å². The van der Waals surface area contributed by atoms with Crippen LogP contribution in [-0.4, -0.2) is 34.1 Å². The summed E-state index contributed by atoms with van der Waals surface area (Å²) in [6.07, 6.45) is 3.16. The van der Waals surface area contributed by atoms with E-state index in [2.05, 4.69) is 22.4 Å². The summed E-state index contributed by atoms with van der Waals surface area (Å²) in [6.45, 7) is 3.30. The molecule has 1 aliphatic rings. The lowest BCUT2D eigenvalue weighted by atomic mass is 9.95. The Balaban J connectivity index is 1.58. The summed E-state index contributed by atoms with van der Waals surface area (Å²) in [6, 6.07) is 6.73. The summed E-state index contributed by atoms with van der Waals surface area (Å²) >= 11 is 1.41. The molecule has 8 nitrogen and oxygen atoms in total. The Hall–Kier alpha value is -2.55. The summed E-state index contributed by atoms with van der Waals surface area (Å²) < 4.78 is 0. The minimum atomic E-state index is -0.364. The summed E-state index contributed by atoms with van der Waals surface area (Å²) in [4.78, 5) is 25.3. The number of aryl methyl sites for hydroxylation is 1. The third-order valence-corrected chi connectivity index (χ3v) is 5.34. The number of anilines is 2. The molecule has 0 spiro atoms. The molecule has 1 N–H and O–H groups in total. The second-order valence-electron chi connectivity index (χ2n) is 6.25. The van der Waals surface area contributed by atoms with Gasteiger partial charge in [-0.15, -0.1) is 10.2 Å². The number of nitrogens with zero attached hydrogens (tertiary/aromatic N) is 4. The lowest BCUT2D eigenvalue weighted by Gasteiger charge is -2.32. The van der Waals surface area contributed by atoms with Crippen LogP contribution in [0.15, 0.2) is 24.3 Å². The Labute approximate surface area is 155 Å². The fourth-order valence-corrected chi connectivity index (χ4v) is 3.94. The number of piperidine rings is 1. The molecule has 26 heavy (non-hydrogen) atoms. The molecule has 0 unspecified atom stereocenters. The number of amides is 1. The van der Waals surface area contributed by atoms with Gasteiger partial charge in [-0.05, 0) is 25.3 Å². The highest BCUT2D eigenvalue weighted by molar-refractivity contribution is 7.15. The predicted molar refractivity (Wildman–Crippen MR) is 101 cm³/mol. The van der Waals surface area contributed by atoms with Crippen molar-refractivity contribution in [3.63, 3.8) is 0 Å². The molecule has 0 aliphatic carbocycles. The summed E-state index contributed by atoms with van der Waals surface area (Å²) in [7, 11) is 0. The number of nitro groups is 1. The molecule has 138 valence electrons. The van der Waals surface area contributed by atoms with Gasteiger partial charge in [0, 0.05) is 31.5 Å². The maximum atomic E-state index is 12.5. The normalized spacial score (nSPS) is 15.0. The summed E-state index contributed by atoms with van der Waals surface area (Å²) in [5.41, 5.74) is 0.720. The number of benzene rings is 1. The van der Waals surface area contributed by atoms with Crippen LogP contribution in [0.25, 0.3) is 0 Å². The Morgan fingerprint density at radius 3 is 2.77 bits per heavy atom. The van der Waals surface area contributed by atoms with Crippen LogP contribution in [0, 0.1) is 16.0 Å². The van der Waals surface area contributed by atoms with E-state index in [0.29, 0.717) is 36.8 Å². The fourth-order valence-electron chi connectivity index (χ4n) is 3.10. The quantitative estimate of drug-likeness (QED) is 0.614. The van der Waals surface area contributed by atoms with Gasteiger partial charge < -0.3 is 10.2 Å². The van der Waals surface area contributed by atoms with E-state index in [-0.39, 0.29) is 22.4 Å². The zero-order chi connectivity index (χ0) is 18.5. The Morgan fingerprint density at radius 2 is 2.08 bits per heavy atom. The van der Waals surface area contributed by atoms with E-state index in [4.69, 9.17) is 0 Å². The molecule has 0 radical (unpaired) electrons. The summed E-state index contributed by atoms with van der Waals surface area (Å²) in [5, 5.41) is 23.6. The number of hydrogen-bond donors (Lipinski definition) is 1. The van der Waals surface area contributed by atoms with Gasteiger partial charge in [0.1, 0.15) is 10.7 Å². The van der Waals surface area contributed by atoms with Gasteiger partial charge in [-0.2, -0.15) is 0 Å². The number of aromatic nitrogens is 2. The van der Waals surface area contributed by atoms with Crippen molar-refractivity contribution in [2.24, 2.45) is 5.92 Å². The van der Waals surface area contributed by atoms with Gasteiger partial charge in [-0.25, -0.2) is 0 Å². The molecule has 1 fully saturated rings. The zero-order valence-corrected chi connectivity index (χ0v) is 15.4. The molecule has 1 aliphatic heterocycles. The Kier molecular flexibility index (Phi) is 5.77. The van der Waals surface area contributed by atoms with Crippen molar-refractivity contribution in [3.8, 4) is 0 Å². The molecule has 0 bridgehead atoms. The van der Waals surface area contributed by atoms with Gasteiger partial charge >= 0.3 is 0 Å². The first-order chi connectivity index (χ1) is 12.6. The maximum absolute atomic E-state index is 12.5. The topological polar surface area (TPSA) is 101 Å². The molecule has 2 aromatic rings. The first kappa shape index (κ1) is 18.2. The molecule has 3 rings (SSSR count). The minimum Gasteiger partial charge on any atom is -0.366 e. The molecule has 9 heteroatoms. The zero-order valence-electron chi connectivity index (χ0n) is 14.6. The number of hydrogen-bond acceptors (Lipinski definition) is 7. The largest absolute Gasteiger partial charge is 0.366 e. The van der Waals surface area contributed by atoms with Crippen molar-refractivity contribution < 1.29 is 9.72 Å². The lowest BCUT2D eigenvalue weighted by Crippen LogP contribution is -2.38. The van der Waals surface area contributed by atoms with Crippen LogP contribution >= 0.6 is 11.3 Å². The number of rotatable bonds is 6. The van der Waals surface area contributed by atoms with Gasteiger partial charge in [0.05, 0.1) is 4.92 Å². The van der Waals surface area contributed by atoms with E-state index in [1.807, 2.05) is 4.90 Å². The number of carbonyl (C=O) groups excluding carboxylic acids is 1. The molecule has 1 aromatic carbocycles. The first-order valence-corrected chi connectivity index (χ1v) is 9.51. The van der Waals surface area contributed by atoms with Crippen LogP contribution in [0.5, 0.6) is 0 Å². The SMILES string of the molecule is CCCc1nnc(NC(=O)C2CCN(c3ccccc3[N+](=O)[O-])CC2)s1. The molecule has 1 saturated heterocycles. The third kappa shape index (κ3) is 4.16. The van der Waals surface area contributed by atoms with E-state index < -0.39 is 0 Å². The average molecular weight is 375 g/mol. The van der Waals surface area contributed by atoms with E-state index in [1.54, 1.807) is 18.2 Å². The first-order valence-electron chi connectivity index (χ1n) is 8.70. The predicted octanol–water partition coefficient (Wildman–Crippen LogP) is 3.25. The van der Waals surface area contributed by atoms with Crippen molar-refractivity contribution in [1.82, 2.24) is 10.2 Å². The monoisotopic (exact) mass is 375 g/mol. The molecule has 1 amide bonds. The number of para-hydroxylation sites is 2. The smallest absolute Gasteiger partial charge is 0.292 e. The molecular weight excluding hydrogens is 354 g/mol. The number of carbonyl (C=O) groups is 1. The van der Waals surface area contributed by atoms with E-state index in [9.17, 15) is 14.9 Å². The lowest BCUT2D eigenvalue weighted by molar-refractivity contribution is -0.384. The molecular formula is C17H21N5O3S. The van der Waals surface area contributed by atoms with Crippen molar-refractivity contribution >= 4 is 33.8 Å². The number of nitrogens with one attached hydrogen (secondary N) is 1. The van der Waals surface area contributed by atoms with Crippen molar-refractivity contribution in [2.75, 3.05) is 23.3 Å². The highest BCUT2D eigenvalue weighted by atomic mass is 32.1. The standard InChI is InChI=1S/C17H21N5O3S/c1-2-5-15-19-20-17(26-15)18-16(23)12-8-10-21(11-9-12)13-6-3-4-7-14(13)22(24)25/h3-4,6-7,12H,2,5,8-11H2,1H3,(H,18,20,23). The van der Waals surface area contributed by atoms with Crippen molar-refractivity contribution in [2.45, 2.75) is 32.6 Å². The second-order valence-corrected chi connectivity index (χ2v) is 7.31. The van der Waals surface area contributed by atoms with Gasteiger partial charge in [0.25, 0.3) is 5.69 Å². The highest BCUT2D eigenvalue weighted by Gasteiger charge is 2.28. The fraction of sp³-hybridized carbons (Fsp3) is 0.471. The van der Waals surface area contributed by atoms with Crippen molar-refractivity contribution in [1.29, 1.82) is 0 Å². The average Bonchev–Trinajstić information content (AvgIpc) is 3.09. The van der Waals surface area contributed by atoms with Crippen molar-refractivity contribution in [3.05, 3.63) is 39.4 Å². The number of nitro benzene ring substituents is 1. The van der Waals surface area contributed by atoms with Crippen LogP contribution in [0.1, 0.15) is 31.2 Å². The van der Waals surface area contributed by atoms with Crippen LogP contribution < -0.4 is 10.2 Å². The van der Waals surface area contributed by atoms with Gasteiger partial charge in [-0.3, -0.25) is 14.9 Å². The third-order valence-electron chi connectivity index (χ3n) is 4.45. The van der Waals surface area contributed by atoms with Gasteiger partial charge in [-0.1, -0.05) is 30.4 Å². The van der Waals surface area contributed by atoms with E-state index >= 15 is 0 Å². The van der Waals surface area contributed by atoms with E-state index in [0.717, 1.165) is 17.8 Å². The van der Waals surface area contributed by atoms with E-state index in [1.165, 1.54) is 17.4 Å². The molecule has 0 saturated carbocycles. The van der Waals surface area contributed by atoms with Crippen LogP contribution in [0.4, 0.5) is 16.5 Å². The Bertz CT molecular complexity index is 786. The molecule has 0 atom stereocenters. The van der Waals surface area contributed by atoms with Crippen LogP contribution in [0.2, 0.25) is 0 Å². The van der Waals surface area contributed by atoms with Gasteiger partial charge in [0.2, 0.25) is 11.0 Å². The minimum absolute atomic E-state index is 0.0496. The summed E-state index contributed by atoms with van der Waals surface area (Å²) in [5.74, 6) is -0.168. The maximum Gasteiger partial charge on any atom is 0.292 e. The molecule has 2 heterocycles.